The van der Waals surface area contributed by atoms with Crippen LogP contribution in [0.1, 0.15) is 19.8 Å². The van der Waals surface area contributed by atoms with Gasteiger partial charge in [-0.1, -0.05) is 6.92 Å². The van der Waals surface area contributed by atoms with Crippen molar-refractivity contribution >= 4 is 17.4 Å². The van der Waals surface area contributed by atoms with Gasteiger partial charge in [-0.05, 0) is 38.1 Å². The molecular formula is C15H22N4O4. The summed E-state index contributed by atoms with van der Waals surface area (Å²) in [6, 6.07) is 4.20. The van der Waals surface area contributed by atoms with Gasteiger partial charge in [-0.15, -0.1) is 0 Å². The molecule has 2 rings (SSSR count). The molecule has 0 radical (unpaired) electrons. The Balaban J connectivity index is 1.96. The molecular weight excluding hydrogens is 300 g/mol. The summed E-state index contributed by atoms with van der Waals surface area (Å²) in [5, 5.41) is 16.4. The van der Waals surface area contributed by atoms with Crippen LogP contribution in [0.3, 0.4) is 0 Å². The molecule has 0 aromatic heterocycles. The van der Waals surface area contributed by atoms with Gasteiger partial charge in [0.2, 0.25) is 0 Å². The average Bonchev–Trinajstić information content (AvgIpc) is 3.00. The van der Waals surface area contributed by atoms with Crippen molar-refractivity contribution in [2.24, 2.45) is 0 Å². The number of carbonyl (C=O) groups excluding carboxylic acids is 1. The van der Waals surface area contributed by atoms with Crippen LogP contribution in [-0.2, 0) is 0 Å². The topological polar surface area (TPSA) is 96.7 Å². The fourth-order valence-corrected chi connectivity index (χ4v) is 2.81. The number of likely N-dealkylation sites (N-methyl/N-ethyl adjacent to an activating group) is 1. The Bertz CT molecular complexity index is 579. The van der Waals surface area contributed by atoms with E-state index in [-0.39, 0.29) is 11.4 Å². The second kappa shape index (κ2) is 7.77. The molecule has 2 amide bonds. The van der Waals surface area contributed by atoms with Gasteiger partial charge in [0.15, 0.2) is 0 Å². The number of urea groups is 1. The number of hydrogen-bond acceptors (Lipinski definition) is 5. The van der Waals surface area contributed by atoms with Crippen molar-refractivity contribution < 1.29 is 14.5 Å². The number of carbonyl (C=O) groups is 1. The van der Waals surface area contributed by atoms with Gasteiger partial charge >= 0.3 is 6.03 Å². The van der Waals surface area contributed by atoms with Gasteiger partial charge in [0.1, 0.15) is 11.4 Å². The lowest BCUT2D eigenvalue weighted by atomic mass is 10.2. The smallest absolute Gasteiger partial charge is 0.319 e. The Morgan fingerprint density at radius 3 is 2.96 bits per heavy atom. The van der Waals surface area contributed by atoms with Gasteiger partial charge < -0.3 is 15.4 Å². The fourth-order valence-electron chi connectivity index (χ4n) is 2.81. The SMILES string of the molecule is CCN1CCCC1CNC(=O)Nc1ccc(OC)cc1[N+](=O)[O-]. The number of nitro benzene ring substituents is 1. The predicted octanol–water partition coefficient (Wildman–Crippen LogP) is 2.21. The number of methoxy groups -OCH3 is 1. The normalized spacial score (nSPS) is 17.7. The standard InChI is InChI=1S/C15H22N4O4/c1-3-18-8-4-5-11(18)10-16-15(20)17-13-7-6-12(23-2)9-14(13)19(21)22/h6-7,9,11H,3-5,8,10H2,1-2H3,(H2,16,17,20). The number of nitrogens with zero attached hydrogens (tertiary/aromatic N) is 2. The lowest BCUT2D eigenvalue weighted by molar-refractivity contribution is -0.384. The van der Waals surface area contributed by atoms with E-state index in [2.05, 4.69) is 22.5 Å². The van der Waals surface area contributed by atoms with E-state index in [1.54, 1.807) is 6.07 Å². The lowest BCUT2D eigenvalue weighted by Gasteiger charge is -2.22. The molecule has 1 saturated heterocycles. The van der Waals surface area contributed by atoms with Crippen molar-refractivity contribution in [2.75, 3.05) is 32.1 Å². The zero-order valence-corrected chi connectivity index (χ0v) is 13.4. The number of rotatable bonds is 6. The molecule has 1 aliphatic rings. The molecule has 0 bridgehead atoms. The van der Waals surface area contributed by atoms with Gasteiger partial charge in [-0.2, -0.15) is 0 Å². The molecule has 0 saturated carbocycles. The summed E-state index contributed by atoms with van der Waals surface area (Å²) in [6.07, 6.45) is 2.18. The number of amides is 2. The van der Waals surface area contributed by atoms with Gasteiger partial charge in [0.25, 0.3) is 5.69 Å². The van der Waals surface area contributed by atoms with E-state index in [0.29, 0.717) is 18.3 Å². The highest BCUT2D eigenvalue weighted by Gasteiger charge is 2.23. The first kappa shape index (κ1) is 17.0. The molecule has 1 unspecified atom stereocenters. The second-order valence-electron chi connectivity index (χ2n) is 5.40. The van der Waals surface area contributed by atoms with Gasteiger partial charge in [-0.3, -0.25) is 15.0 Å². The minimum Gasteiger partial charge on any atom is -0.496 e. The van der Waals surface area contributed by atoms with Crippen LogP contribution in [0.2, 0.25) is 0 Å². The molecule has 1 aliphatic heterocycles. The Labute approximate surface area is 134 Å². The monoisotopic (exact) mass is 322 g/mol. The second-order valence-corrected chi connectivity index (χ2v) is 5.40. The maximum atomic E-state index is 12.0. The van der Waals surface area contributed by atoms with E-state index >= 15 is 0 Å². The highest BCUT2D eigenvalue weighted by molar-refractivity contribution is 5.92. The first-order chi connectivity index (χ1) is 11.0. The molecule has 1 fully saturated rings. The Kier molecular flexibility index (Phi) is 5.75. The van der Waals surface area contributed by atoms with Crippen LogP contribution < -0.4 is 15.4 Å². The van der Waals surface area contributed by atoms with E-state index in [1.807, 2.05) is 0 Å². The van der Waals surface area contributed by atoms with Crippen LogP contribution in [0, 0.1) is 10.1 Å². The number of anilines is 1. The summed E-state index contributed by atoms with van der Waals surface area (Å²) in [7, 11) is 1.43. The number of nitrogens with one attached hydrogen (secondary N) is 2. The molecule has 8 nitrogen and oxygen atoms in total. The third kappa shape index (κ3) is 4.32. The summed E-state index contributed by atoms with van der Waals surface area (Å²) in [4.78, 5) is 24.9. The first-order valence-corrected chi connectivity index (χ1v) is 7.66. The molecule has 0 spiro atoms. The number of ether oxygens (including phenoxy) is 1. The van der Waals surface area contributed by atoms with Gasteiger partial charge in [-0.25, -0.2) is 4.79 Å². The minimum atomic E-state index is -0.548. The van der Waals surface area contributed by atoms with Crippen molar-refractivity contribution in [1.29, 1.82) is 0 Å². The quantitative estimate of drug-likeness (QED) is 0.618. The minimum absolute atomic E-state index is 0.145. The van der Waals surface area contributed by atoms with E-state index in [9.17, 15) is 14.9 Å². The van der Waals surface area contributed by atoms with E-state index < -0.39 is 11.0 Å². The van der Waals surface area contributed by atoms with Crippen LogP contribution in [0.25, 0.3) is 0 Å². The number of hydrogen-bond donors (Lipinski definition) is 2. The molecule has 1 heterocycles. The molecule has 0 aliphatic carbocycles. The van der Waals surface area contributed by atoms with Crippen LogP contribution in [0.5, 0.6) is 5.75 Å². The van der Waals surface area contributed by atoms with E-state index in [4.69, 9.17) is 4.74 Å². The molecule has 23 heavy (non-hydrogen) atoms. The number of benzene rings is 1. The molecule has 2 N–H and O–H groups in total. The molecule has 126 valence electrons. The summed E-state index contributed by atoms with van der Waals surface area (Å²) in [5.41, 5.74) is -0.0531. The predicted molar refractivity (Wildman–Crippen MR) is 86.9 cm³/mol. The van der Waals surface area contributed by atoms with Crippen molar-refractivity contribution in [3.8, 4) is 5.75 Å². The Hall–Kier alpha value is -2.35. The highest BCUT2D eigenvalue weighted by atomic mass is 16.6. The summed E-state index contributed by atoms with van der Waals surface area (Å²) in [6.45, 7) is 4.63. The summed E-state index contributed by atoms with van der Waals surface area (Å²) >= 11 is 0. The third-order valence-corrected chi connectivity index (χ3v) is 4.05. The van der Waals surface area contributed by atoms with Gasteiger partial charge in [0, 0.05) is 12.6 Å². The Morgan fingerprint density at radius 2 is 2.30 bits per heavy atom. The molecule has 1 aromatic rings. The van der Waals surface area contributed by atoms with Gasteiger partial charge in [0.05, 0.1) is 18.1 Å². The third-order valence-electron chi connectivity index (χ3n) is 4.05. The zero-order chi connectivity index (χ0) is 16.8. The summed E-state index contributed by atoms with van der Waals surface area (Å²) in [5.74, 6) is 0.368. The van der Waals surface area contributed by atoms with Crippen LogP contribution >= 0.6 is 0 Å². The van der Waals surface area contributed by atoms with Crippen molar-refractivity contribution in [3.05, 3.63) is 28.3 Å². The highest BCUT2D eigenvalue weighted by Crippen LogP contribution is 2.28. The van der Waals surface area contributed by atoms with Crippen molar-refractivity contribution in [3.63, 3.8) is 0 Å². The maximum Gasteiger partial charge on any atom is 0.319 e. The number of nitro groups is 1. The Morgan fingerprint density at radius 1 is 1.52 bits per heavy atom. The maximum absolute atomic E-state index is 12.0. The number of likely N-dealkylation sites (tertiary alicyclic amines) is 1. The first-order valence-electron chi connectivity index (χ1n) is 7.66. The van der Waals surface area contributed by atoms with Crippen LogP contribution in [0.4, 0.5) is 16.2 Å². The molecule has 8 heteroatoms. The molecule has 1 atom stereocenters. The van der Waals surface area contributed by atoms with Crippen LogP contribution in [-0.4, -0.2) is 48.6 Å². The van der Waals surface area contributed by atoms with E-state index in [1.165, 1.54) is 19.2 Å². The average molecular weight is 322 g/mol. The van der Waals surface area contributed by atoms with Crippen molar-refractivity contribution in [2.45, 2.75) is 25.8 Å². The fraction of sp³-hybridized carbons (Fsp3) is 0.533. The largest absolute Gasteiger partial charge is 0.496 e. The van der Waals surface area contributed by atoms with E-state index in [0.717, 1.165) is 25.9 Å². The molecule has 1 aromatic carbocycles. The van der Waals surface area contributed by atoms with Crippen molar-refractivity contribution in [1.82, 2.24) is 10.2 Å². The van der Waals surface area contributed by atoms with Crippen LogP contribution in [0.15, 0.2) is 18.2 Å². The lowest BCUT2D eigenvalue weighted by Crippen LogP contribution is -2.41. The summed E-state index contributed by atoms with van der Waals surface area (Å²) < 4.78 is 4.97. The zero-order valence-electron chi connectivity index (χ0n) is 13.4.